The average Bonchev–Trinajstić information content (AvgIpc) is 2.55. The number of rotatable bonds is 3. The zero-order valence-electron chi connectivity index (χ0n) is 10.7. The van der Waals surface area contributed by atoms with Gasteiger partial charge in [0.15, 0.2) is 5.17 Å². The van der Waals surface area contributed by atoms with Crippen LogP contribution in [0, 0.1) is 0 Å². The Morgan fingerprint density at radius 2 is 2.31 bits per heavy atom. The van der Waals surface area contributed by atoms with Crippen molar-refractivity contribution in [2.24, 2.45) is 4.99 Å². The van der Waals surface area contributed by atoms with Gasteiger partial charge in [-0.15, -0.1) is 0 Å². The van der Waals surface area contributed by atoms with Gasteiger partial charge in [-0.3, -0.25) is 4.79 Å². The number of likely N-dealkylation sites (N-methyl/N-ethyl adjacent to an activating group) is 1. The van der Waals surface area contributed by atoms with Crippen molar-refractivity contribution in [3.8, 4) is 0 Å². The lowest BCUT2D eigenvalue weighted by molar-refractivity contribution is -0.130. The minimum Gasteiger partial charge on any atom is -0.359 e. The van der Waals surface area contributed by atoms with Crippen LogP contribution in [-0.2, 0) is 4.79 Å². The number of hydrogen-bond donors (Lipinski definition) is 1. The summed E-state index contributed by atoms with van der Waals surface area (Å²) in [5, 5.41) is 4.20. The van der Waals surface area contributed by atoms with Gasteiger partial charge in [-0.1, -0.05) is 11.8 Å². The van der Waals surface area contributed by atoms with E-state index >= 15 is 0 Å². The second-order valence-electron chi connectivity index (χ2n) is 4.76. The molecule has 0 spiro atoms. The lowest BCUT2D eigenvalue weighted by Crippen LogP contribution is -2.38. The predicted molar refractivity (Wildman–Crippen MR) is 69.9 cm³/mol. The Kier molecular flexibility index (Phi) is 4.24. The van der Waals surface area contributed by atoms with Crippen LogP contribution in [0.2, 0.25) is 0 Å². The lowest BCUT2D eigenvalue weighted by Gasteiger charge is -2.18. The first kappa shape index (κ1) is 13.4. The smallest absolute Gasteiger partial charge is 0.246 e. The highest BCUT2D eigenvalue weighted by molar-refractivity contribution is 8.14. The maximum atomic E-state index is 11.8. The van der Waals surface area contributed by atoms with Crippen LogP contribution in [0.1, 0.15) is 27.7 Å². The Hall–Kier alpha value is -0.710. The molecule has 16 heavy (non-hydrogen) atoms. The molecular weight excluding hydrogens is 222 g/mol. The topological polar surface area (TPSA) is 44.7 Å². The highest BCUT2D eigenvalue weighted by atomic mass is 32.2. The molecule has 0 aromatic heterocycles. The molecule has 1 fully saturated rings. The number of amidine groups is 1. The maximum Gasteiger partial charge on any atom is 0.246 e. The molecule has 1 amide bonds. The molecule has 1 atom stereocenters. The molecule has 0 bridgehead atoms. The molecule has 92 valence electrons. The first-order valence-electron chi connectivity index (χ1n) is 5.59. The summed E-state index contributed by atoms with van der Waals surface area (Å²) in [5.41, 5.74) is 0.0862. The SMILES string of the molecule is CCN(C)C(=O)C(C)N=C1NC(C)(C)CS1. The van der Waals surface area contributed by atoms with Crippen LogP contribution in [-0.4, -0.2) is 46.9 Å². The monoisotopic (exact) mass is 243 g/mol. The minimum atomic E-state index is -0.297. The first-order chi connectivity index (χ1) is 7.35. The maximum absolute atomic E-state index is 11.8. The van der Waals surface area contributed by atoms with E-state index in [1.165, 1.54) is 0 Å². The van der Waals surface area contributed by atoms with Gasteiger partial charge < -0.3 is 10.2 Å². The number of carbonyl (C=O) groups is 1. The van der Waals surface area contributed by atoms with Crippen molar-refractivity contribution in [2.45, 2.75) is 39.3 Å². The third-order valence-electron chi connectivity index (χ3n) is 2.53. The summed E-state index contributed by atoms with van der Waals surface area (Å²) >= 11 is 1.68. The van der Waals surface area contributed by atoms with Crippen LogP contribution in [0.3, 0.4) is 0 Å². The minimum absolute atomic E-state index is 0.0714. The van der Waals surface area contributed by atoms with Crippen LogP contribution < -0.4 is 5.32 Å². The van der Waals surface area contributed by atoms with Gasteiger partial charge in [-0.25, -0.2) is 4.99 Å². The fraction of sp³-hybridized carbons (Fsp3) is 0.818. The number of thioether (sulfide) groups is 1. The van der Waals surface area contributed by atoms with Gasteiger partial charge >= 0.3 is 0 Å². The Balaban J connectivity index is 2.60. The Morgan fingerprint density at radius 1 is 1.69 bits per heavy atom. The zero-order chi connectivity index (χ0) is 12.3. The second-order valence-corrected chi connectivity index (χ2v) is 5.72. The van der Waals surface area contributed by atoms with E-state index in [-0.39, 0.29) is 17.5 Å². The summed E-state index contributed by atoms with van der Waals surface area (Å²) in [5.74, 6) is 1.07. The molecular formula is C11H21N3OS. The first-order valence-corrected chi connectivity index (χ1v) is 6.58. The lowest BCUT2D eigenvalue weighted by atomic mass is 10.1. The summed E-state index contributed by atoms with van der Waals surface area (Å²) in [6.07, 6.45) is 0. The molecule has 1 aliphatic heterocycles. The number of nitrogens with zero attached hydrogens (tertiary/aromatic N) is 2. The zero-order valence-corrected chi connectivity index (χ0v) is 11.5. The summed E-state index contributed by atoms with van der Waals surface area (Å²) < 4.78 is 0. The van der Waals surface area contributed by atoms with E-state index in [2.05, 4.69) is 24.2 Å². The van der Waals surface area contributed by atoms with Crippen molar-refractivity contribution in [1.29, 1.82) is 0 Å². The van der Waals surface area contributed by atoms with Crippen molar-refractivity contribution in [1.82, 2.24) is 10.2 Å². The molecule has 1 N–H and O–H groups in total. The molecule has 0 radical (unpaired) electrons. The summed E-state index contributed by atoms with van der Waals surface area (Å²) in [4.78, 5) is 17.9. The Labute approximate surface area is 102 Å². The average molecular weight is 243 g/mol. The number of aliphatic imine (C=N–C) groups is 1. The van der Waals surface area contributed by atoms with E-state index < -0.39 is 0 Å². The largest absolute Gasteiger partial charge is 0.359 e. The van der Waals surface area contributed by atoms with E-state index in [1.54, 1.807) is 23.7 Å². The van der Waals surface area contributed by atoms with E-state index in [0.29, 0.717) is 0 Å². The van der Waals surface area contributed by atoms with Crippen molar-refractivity contribution >= 4 is 22.8 Å². The van der Waals surface area contributed by atoms with Crippen molar-refractivity contribution < 1.29 is 4.79 Å². The van der Waals surface area contributed by atoms with Gasteiger partial charge in [0.2, 0.25) is 5.91 Å². The van der Waals surface area contributed by atoms with Crippen molar-refractivity contribution in [2.75, 3.05) is 19.3 Å². The quantitative estimate of drug-likeness (QED) is 0.813. The molecule has 0 aliphatic carbocycles. The van der Waals surface area contributed by atoms with Crippen LogP contribution >= 0.6 is 11.8 Å². The summed E-state index contributed by atoms with van der Waals surface area (Å²) in [6.45, 7) is 8.79. The third kappa shape index (κ3) is 3.40. The van der Waals surface area contributed by atoms with Gasteiger partial charge in [0.1, 0.15) is 6.04 Å². The van der Waals surface area contributed by atoms with Gasteiger partial charge in [0, 0.05) is 24.9 Å². The van der Waals surface area contributed by atoms with Crippen LogP contribution in [0.4, 0.5) is 0 Å². The molecule has 1 heterocycles. The van der Waals surface area contributed by atoms with Gasteiger partial charge in [0.25, 0.3) is 0 Å². The summed E-state index contributed by atoms with van der Waals surface area (Å²) in [6, 6.07) is -0.297. The number of hydrogen-bond acceptors (Lipinski definition) is 3. The Morgan fingerprint density at radius 3 is 2.75 bits per heavy atom. The number of amides is 1. The number of carbonyl (C=O) groups excluding carboxylic acids is 1. The molecule has 1 saturated heterocycles. The van der Waals surface area contributed by atoms with E-state index in [0.717, 1.165) is 17.5 Å². The second kappa shape index (κ2) is 5.08. The molecule has 1 aliphatic rings. The fourth-order valence-electron chi connectivity index (χ4n) is 1.39. The molecule has 0 aromatic carbocycles. The fourth-order valence-corrected chi connectivity index (χ4v) is 2.54. The molecule has 5 heteroatoms. The third-order valence-corrected chi connectivity index (χ3v) is 3.88. The van der Waals surface area contributed by atoms with Crippen LogP contribution in [0.5, 0.6) is 0 Å². The van der Waals surface area contributed by atoms with Crippen molar-refractivity contribution in [3.63, 3.8) is 0 Å². The molecule has 0 saturated carbocycles. The molecule has 1 unspecified atom stereocenters. The highest BCUT2D eigenvalue weighted by Gasteiger charge is 2.28. The number of nitrogens with one attached hydrogen (secondary N) is 1. The van der Waals surface area contributed by atoms with Gasteiger partial charge in [-0.05, 0) is 27.7 Å². The Bertz CT molecular complexity index is 302. The highest BCUT2D eigenvalue weighted by Crippen LogP contribution is 2.22. The summed E-state index contributed by atoms with van der Waals surface area (Å²) in [7, 11) is 1.80. The van der Waals surface area contributed by atoms with Gasteiger partial charge in [0.05, 0.1) is 0 Å². The predicted octanol–water partition coefficient (Wildman–Crippen LogP) is 1.32. The van der Waals surface area contributed by atoms with Crippen LogP contribution in [0.25, 0.3) is 0 Å². The molecule has 4 nitrogen and oxygen atoms in total. The van der Waals surface area contributed by atoms with E-state index in [1.807, 2.05) is 13.8 Å². The standard InChI is InChI=1S/C11H21N3OS/c1-6-14(5)9(15)8(2)12-10-13-11(3,4)7-16-10/h8H,6-7H2,1-5H3,(H,12,13). The molecule has 1 rings (SSSR count). The van der Waals surface area contributed by atoms with E-state index in [4.69, 9.17) is 0 Å². The van der Waals surface area contributed by atoms with E-state index in [9.17, 15) is 4.79 Å². The van der Waals surface area contributed by atoms with Crippen molar-refractivity contribution in [3.05, 3.63) is 0 Å². The molecule has 0 aromatic rings. The van der Waals surface area contributed by atoms with Gasteiger partial charge in [-0.2, -0.15) is 0 Å². The normalized spacial score (nSPS) is 22.9. The van der Waals surface area contributed by atoms with Crippen LogP contribution in [0.15, 0.2) is 4.99 Å².